The number of amides is 1. The number of nitrogens with one attached hydrogen (secondary N) is 1. The molecule has 0 aliphatic carbocycles. The van der Waals surface area contributed by atoms with Crippen LogP contribution in [-0.4, -0.2) is 57.4 Å². The lowest BCUT2D eigenvalue weighted by Crippen LogP contribution is -2.38. The first-order chi connectivity index (χ1) is 11.5. The van der Waals surface area contributed by atoms with Gasteiger partial charge in [0, 0.05) is 25.6 Å². The van der Waals surface area contributed by atoms with Gasteiger partial charge in [0.15, 0.2) is 9.84 Å². The number of carbonyl (C=O) groups excluding carboxylic acids is 1. The number of hydrogen-bond acceptors (Lipinski definition) is 5. The van der Waals surface area contributed by atoms with Gasteiger partial charge in [0.25, 0.3) is 0 Å². The van der Waals surface area contributed by atoms with Crippen molar-refractivity contribution in [1.82, 2.24) is 9.62 Å². The number of carbonyl (C=O) groups is 1. The highest BCUT2D eigenvalue weighted by atomic mass is 32.2. The number of rotatable bonds is 7. The van der Waals surface area contributed by atoms with Crippen molar-refractivity contribution >= 4 is 25.8 Å². The Morgan fingerprint density at radius 3 is 2.44 bits per heavy atom. The molecule has 1 aromatic carbocycles. The molecule has 1 unspecified atom stereocenters. The van der Waals surface area contributed by atoms with Crippen molar-refractivity contribution < 1.29 is 21.6 Å². The van der Waals surface area contributed by atoms with Crippen LogP contribution in [-0.2, 0) is 31.2 Å². The normalized spacial score (nSPS) is 19.9. The fourth-order valence-electron chi connectivity index (χ4n) is 2.69. The van der Waals surface area contributed by atoms with Gasteiger partial charge in [-0.15, -0.1) is 0 Å². The number of aryl methyl sites for hydroxylation is 1. The molecular formula is C16H24N2O5S2. The van der Waals surface area contributed by atoms with Crippen LogP contribution in [0, 0.1) is 6.92 Å². The van der Waals surface area contributed by atoms with E-state index >= 15 is 0 Å². The number of sulfone groups is 1. The molecule has 1 aliphatic heterocycles. The summed E-state index contributed by atoms with van der Waals surface area (Å²) in [5.41, 5.74) is 1.93. The molecule has 7 nitrogen and oxygen atoms in total. The summed E-state index contributed by atoms with van der Waals surface area (Å²) in [6.45, 7) is 2.20. The Morgan fingerprint density at radius 1 is 1.28 bits per heavy atom. The molecule has 2 rings (SSSR count). The van der Waals surface area contributed by atoms with E-state index in [0.29, 0.717) is 6.42 Å². The highest BCUT2D eigenvalue weighted by molar-refractivity contribution is 7.91. The highest BCUT2D eigenvalue weighted by Gasteiger charge is 2.29. The maximum absolute atomic E-state index is 12.0. The third-order valence-electron chi connectivity index (χ3n) is 4.13. The molecule has 1 aliphatic rings. The van der Waals surface area contributed by atoms with Crippen molar-refractivity contribution in [2.45, 2.75) is 32.4 Å². The fourth-order valence-corrected chi connectivity index (χ4v) is 5.17. The van der Waals surface area contributed by atoms with Crippen molar-refractivity contribution in [3.05, 3.63) is 35.4 Å². The first-order valence-electron chi connectivity index (χ1n) is 8.06. The Balaban J connectivity index is 1.91. The number of hydrogen-bond donors (Lipinski definition) is 1. The van der Waals surface area contributed by atoms with Crippen LogP contribution in [0.1, 0.15) is 24.0 Å². The number of benzene rings is 1. The Hall–Kier alpha value is -1.45. The van der Waals surface area contributed by atoms with Gasteiger partial charge in [-0.1, -0.05) is 29.8 Å². The lowest BCUT2D eigenvalue weighted by molar-refractivity contribution is -0.121. The number of sulfonamides is 1. The Morgan fingerprint density at radius 2 is 1.92 bits per heavy atom. The zero-order valence-corrected chi connectivity index (χ0v) is 16.1. The van der Waals surface area contributed by atoms with E-state index in [0.717, 1.165) is 17.4 Å². The summed E-state index contributed by atoms with van der Waals surface area (Å²) in [5, 5.41) is 2.67. The van der Waals surface area contributed by atoms with Crippen molar-refractivity contribution in [2.24, 2.45) is 0 Å². The third-order valence-corrected chi connectivity index (χ3v) is 7.15. The Kier molecular flexibility index (Phi) is 6.23. The summed E-state index contributed by atoms with van der Waals surface area (Å²) in [6, 6.07) is 7.15. The fraction of sp³-hybridized carbons (Fsp3) is 0.562. The monoisotopic (exact) mass is 388 g/mol. The molecule has 1 N–H and O–H groups in total. The molecule has 1 heterocycles. The van der Waals surface area contributed by atoms with Gasteiger partial charge in [0.05, 0.1) is 17.8 Å². The standard InChI is InChI=1S/C16H24N2O5S2/c1-13-3-5-14(6-4-13)11-18(24(2,20)21)9-7-16(19)17-15-8-10-25(22,23)12-15/h3-6,15H,7-12H2,1-2H3,(H,17,19). The smallest absolute Gasteiger partial charge is 0.221 e. The minimum absolute atomic E-state index is 0.00449. The molecule has 1 amide bonds. The molecule has 9 heteroatoms. The second-order valence-electron chi connectivity index (χ2n) is 6.50. The quantitative estimate of drug-likeness (QED) is 0.731. The number of nitrogens with zero attached hydrogens (tertiary/aromatic N) is 1. The van der Waals surface area contributed by atoms with Crippen molar-refractivity contribution in [3.63, 3.8) is 0 Å². The SMILES string of the molecule is Cc1ccc(CN(CCC(=O)NC2CCS(=O)(=O)C2)S(C)(=O)=O)cc1. The lowest BCUT2D eigenvalue weighted by Gasteiger charge is -2.20. The van der Waals surface area contributed by atoms with Crippen molar-refractivity contribution in [1.29, 1.82) is 0 Å². The molecule has 0 spiro atoms. The predicted molar refractivity (Wildman–Crippen MR) is 96.3 cm³/mol. The summed E-state index contributed by atoms with van der Waals surface area (Å²) >= 11 is 0. The molecule has 140 valence electrons. The van der Waals surface area contributed by atoms with E-state index in [1.165, 1.54) is 4.31 Å². The van der Waals surface area contributed by atoms with Crippen molar-refractivity contribution in [2.75, 3.05) is 24.3 Å². The molecule has 1 saturated heterocycles. The molecule has 0 saturated carbocycles. The van der Waals surface area contributed by atoms with Gasteiger partial charge in [-0.2, -0.15) is 4.31 Å². The van der Waals surface area contributed by atoms with Gasteiger partial charge in [0.1, 0.15) is 0 Å². The van der Waals surface area contributed by atoms with Crippen molar-refractivity contribution in [3.8, 4) is 0 Å². The summed E-state index contributed by atoms with van der Waals surface area (Å²) < 4.78 is 48.0. The molecule has 0 radical (unpaired) electrons. The van der Waals surface area contributed by atoms with Crippen LogP contribution in [0.15, 0.2) is 24.3 Å². The van der Waals surface area contributed by atoms with Crippen LogP contribution in [0.2, 0.25) is 0 Å². The second-order valence-corrected chi connectivity index (χ2v) is 10.7. The lowest BCUT2D eigenvalue weighted by atomic mass is 10.1. The van der Waals surface area contributed by atoms with Gasteiger partial charge < -0.3 is 5.32 Å². The molecular weight excluding hydrogens is 364 g/mol. The summed E-state index contributed by atoms with van der Waals surface area (Å²) in [5.74, 6) is -0.293. The van der Waals surface area contributed by atoms with E-state index in [1.54, 1.807) is 0 Å². The largest absolute Gasteiger partial charge is 0.352 e. The van der Waals surface area contributed by atoms with Gasteiger partial charge >= 0.3 is 0 Å². The van der Waals surface area contributed by atoms with Gasteiger partial charge in [-0.05, 0) is 18.9 Å². The zero-order chi connectivity index (χ0) is 18.7. The predicted octanol–water partition coefficient (Wildman–Crippen LogP) is 0.450. The molecule has 1 fully saturated rings. The van der Waals surface area contributed by atoms with Crippen LogP contribution in [0.25, 0.3) is 0 Å². The van der Waals surface area contributed by atoms with E-state index in [2.05, 4.69) is 5.32 Å². The molecule has 0 bridgehead atoms. The van der Waals surface area contributed by atoms with E-state index < -0.39 is 19.9 Å². The van der Waals surface area contributed by atoms with Crippen LogP contribution in [0.3, 0.4) is 0 Å². The summed E-state index contributed by atoms with van der Waals surface area (Å²) in [6.07, 6.45) is 1.52. The average molecular weight is 389 g/mol. The van der Waals surface area contributed by atoms with Crippen LogP contribution >= 0.6 is 0 Å². The molecule has 1 atom stereocenters. The topological polar surface area (TPSA) is 101 Å². The summed E-state index contributed by atoms with van der Waals surface area (Å²) in [7, 11) is -6.52. The van der Waals surface area contributed by atoms with E-state index in [9.17, 15) is 21.6 Å². The van der Waals surface area contributed by atoms with Gasteiger partial charge in [-0.25, -0.2) is 16.8 Å². The molecule has 0 aromatic heterocycles. The minimum Gasteiger partial charge on any atom is -0.352 e. The summed E-state index contributed by atoms with van der Waals surface area (Å²) in [4.78, 5) is 12.0. The van der Waals surface area contributed by atoms with E-state index in [-0.39, 0.29) is 43.0 Å². The van der Waals surface area contributed by atoms with Crippen LogP contribution < -0.4 is 5.32 Å². The average Bonchev–Trinajstić information content (AvgIpc) is 2.83. The van der Waals surface area contributed by atoms with Crippen LogP contribution in [0.4, 0.5) is 0 Å². The Labute approximate surface area is 149 Å². The maximum Gasteiger partial charge on any atom is 0.221 e. The van der Waals surface area contributed by atoms with Crippen LogP contribution in [0.5, 0.6) is 0 Å². The zero-order valence-electron chi connectivity index (χ0n) is 14.4. The van der Waals surface area contributed by atoms with Gasteiger partial charge in [-0.3, -0.25) is 4.79 Å². The highest BCUT2D eigenvalue weighted by Crippen LogP contribution is 2.13. The van der Waals surface area contributed by atoms with E-state index in [4.69, 9.17) is 0 Å². The Bertz CT molecular complexity index is 817. The minimum atomic E-state index is -3.46. The second kappa shape index (κ2) is 7.84. The van der Waals surface area contributed by atoms with Gasteiger partial charge in [0.2, 0.25) is 15.9 Å². The van der Waals surface area contributed by atoms with E-state index in [1.807, 2.05) is 31.2 Å². The molecule has 25 heavy (non-hydrogen) atoms. The molecule has 1 aromatic rings. The first-order valence-corrected chi connectivity index (χ1v) is 11.7. The maximum atomic E-state index is 12.0. The first kappa shape index (κ1) is 19.9. The third kappa shape index (κ3) is 6.41.